The number of hydrogen-bond donors (Lipinski definition) is 4. The second-order valence-corrected chi connectivity index (χ2v) is 9.90. The molecule has 4 aliphatic carbocycles. The lowest BCUT2D eigenvalue weighted by atomic mass is 9.41. The molecule has 25 heavy (non-hydrogen) atoms. The quantitative estimate of drug-likeness (QED) is 0.624. The summed E-state index contributed by atoms with van der Waals surface area (Å²) in [6.07, 6.45) is 7.74. The van der Waals surface area contributed by atoms with E-state index in [-0.39, 0.29) is 35.9 Å². The van der Waals surface area contributed by atoms with Crippen LogP contribution in [0.3, 0.4) is 0 Å². The Morgan fingerprint density at radius 3 is 2.44 bits per heavy atom. The highest BCUT2D eigenvalue weighted by Gasteiger charge is 2.68. The van der Waals surface area contributed by atoms with Gasteiger partial charge in [0.15, 0.2) is 0 Å². The molecule has 5 unspecified atom stereocenters. The minimum Gasteiger partial charge on any atom is -0.481 e. The molecule has 0 aromatic rings. The first-order valence-electron chi connectivity index (χ1n) is 9.94. The fourth-order valence-corrected chi connectivity index (χ4v) is 8.13. The molecule has 0 amide bonds. The molecule has 4 rings (SSSR count). The fraction of sp³-hybridized carbons (Fsp3) is 0.950. The van der Waals surface area contributed by atoms with Crippen LogP contribution in [-0.2, 0) is 4.79 Å². The smallest absolute Gasteiger partial charge is 0.312 e. The van der Waals surface area contributed by atoms with Gasteiger partial charge in [-0.05, 0) is 80.0 Å². The van der Waals surface area contributed by atoms with Crippen LogP contribution in [0.15, 0.2) is 0 Å². The van der Waals surface area contributed by atoms with Crippen molar-refractivity contribution < 1.29 is 25.2 Å². The Morgan fingerprint density at radius 1 is 1.04 bits per heavy atom. The van der Waals surface area contributed by atoms with Gasteiger partial charge in [0.05, 0.1) is 24.2 Å². The topological polar surface area (TPSA) is 98.0 Å². The predicted octanol–water partition coefficient (Wildman–Crippen LogP) is 2.18. The molecular weight excluding hydrogens is 320 g/mol. The molecule has 4 saturated carbocycles. The second kappa shape index (κ2) is 5.43. The zero-order valence-corrected chi connectivity index (χ0v) is 15.2. The molecule has 1 spiro atoms. The first kappa shape index (κ1) is 17.7. The Kier molecular flexibility index (Phi) is 3.85. The molecule has 0 aliphatic heterocycles. The summed E-state index contributed by atoms with van der Waals surface area (Å²) in [4.78, 5) is 12.1. The van der Waals surface area contributed by atoms with Crippen LogP contribution in [0.5, 0.6) is 0 Å². The standard InChI is InChI=1S/C20H32O5/c1-17-6-2-7-19(11-21,16(23)24)15(17)5-8-18-9-13(3-4-14(17)18)20(25,10-18)12-22/h13-15,21-22,25H,2-12H2,1H3,(H,23,24)/t13?,14?,15?,17-,18?,19-,20?/m0/s1. The largest absolute Gasteiger partial charge is 0.481 e. The number of carboxylic acids is 1. The molecule has 0 saturated heterocycles. The van der Waals surface area contributed by atoms with E-state index in [1.54, 1.807) is 0 Å². The lowest BCUT2D eigenvalue weighted by Crippen LogP contribution is -2.60. The number of hydrogen-bond acceptors (Lipinski definition) is 4. The molecular formula is C20H32O5. The van der Waals surface area contributed by atoms with E-state index in [1.165, 1.54) is 0 Å². The number of aliphatic carboxylic acids is 1. The molecule has 142 valence electrons. The molecule has 5 heteroatoms. The van der Waals surface area contributed by atoms with Crippen molar-refractivity contribution >= 4 is 5.97 Å². The van der Waals surface area contributed by atoms with Crippen LogP contribution in [0.2, 0.25) is 0 Å². The Morgan fingerprint density at radius 2 is 1.80 bits per heavy atom. The molecule has 4 aliphatic rings. The van der Waals surface area contributed by atoms with Gasteiger partial charge in [-0.3, -0.25) is 4.79 Å². The van der Waals surface area contributed by atoms with E-state index in [0.717, 1.165) is 44.9 Å². The van der Waals surface area contributed by atoms with Gasteiger partial charge in [0.25, 0.3) is 0 Å². The monoisotopic (exact) mass is 352 g/mol. The van der Waals surface area contributed by atoms with E-state index >= 15 is 0 Å². The summed E-state index contributed by atoms with van der Waals surface area (Å²) in [6.45, 7) is 1.82. The molecule has 4 N–H and O–H groups in total. The molecule has 0 aromatic carbocycles. The van der Waals surface area contributed by atoms with Crippen LogP contribution in [0, 0.1) is 34.0 Å². The third-order valence-electron chi connectivity index (χ3n) is 9.12. The van der Waals surface area contributed by atoms with Crippen molar-refractivity contribution in [3.63, 3.8) is 0 Å². The maximum Gasteiger partial charge on any atom is 0.312 e. The van der Waals surface area contributed by atoms with Gasteiger partial charge in [-0.25, -0.2) is 0 Å². The predicted molar refractivity (Wildman–Crippen MR) is 91.8 cm³/mol. The van der Waals surface area contributed by atoms with Crippen molar-refractivity contribution in [3.05, 3.63) is 0 Å². The summed E-state index contributed by atoms with van der Waals surface area (Å²) in [7, 11) is 0. The average Bonchev–Trinajstić information content (AvgIpc) is 2.79. The highest BCUT2D eigenvalue weighted by molar-refractivity contribution is 5.75. The highest BCUT2D eigenvalue weighted by atomic mass is 16.4. The number of rotatable bonds is 3. The maximum absolute atomic E-state index is 12.1. The Labute approximate surface area is 149 Å². The summed E-state index contributed by atoms with van der Waals surface area (Å²) in [5.41, 5.74) is -2.00. The number of aliphatic hydroxyl groups is 3. The third-order valence-corrected chi connectivity index (χ3v) is 9.12. The van der Waals surface area contributed by atoms with E-state index in [9.17, 15) is 25.2 Å². The van der Waals surface area contributed by atoms with Crippen molar-refractivity contribution in [2.45, 2.75) is 70.3 Å². The molecule has 0 heterocycles. The lowest BCUT2D eigenvalue weighted by Gasteiger charge is -2.63. The van der Waals surface area contributed by atoms with Crippen molar-refractivity contribution in [2.75, 3.05) is 13.2 Å². The highest BCUT2D eigenvalue weighted by Crippen LogP contribution is 2.72. The second-order valence-electron chi connectivity index (χ2n) is 9.90. The van der Waals surface area contributed by atoms with Gasteiger partial charge in [-0.1, -0.05) is 13.3 Å². The van der Waals surface area contributed by atoms with Crippen molar-refractivity contribution in [1.82, 2.24) is 0 Å². The van der Waals surface area contributed by atoms with Gasteiger partial charge < -0.3 is 20.4 Å². The van der Waals surface area contributed by atoms with Crippen molar-refractivity contribution in [2.24, 2.45) is 34.0 Å². The zero-order valence-electron chi connectivity index (χ0n) is 15.2. The summed E-state index contributed by atoms with van der Waals surface area (Å²) >= 11 is 0. The van der Waals surface area contributed by atoms with Crippen molar-refractivity contribution in [3.8, 4) is 0 Å². The Hall–Kier alpha value is -0.650. The summed E-state index contributed by atoms with van der Waals surface area (Å²) in [5, 5.41) is 40.7. The normalized spacial score (nSPS) is 54.6. The molecule has 2 bridgehead atoms. The minimum atomic E-state index is -1.00. The Bertz CT molecular complexity index is 578. The third kappa shape index (κ3) is 2.09. The minimum absolute atomic E-state index is 0.00578. The van der Waals surface area contributed by atoms with E-state index in [0.29, 0.717) is 18.8 Å². The van der Waals surface area contributed by atoms with Crippen LogP contribution in [0.1, 0.15) is 64.7 Å². The van der Waals surface area contributed by atoms with Crippen LogP contribution in [0.25, 0.3) is 0 Å². The van der Waals surface area contributed by atoms with Crippen LogP contribution in [0.4, 0.5) is 0 Å². The number of carbonyl (C=O) groups is 1. The maximum atomic E-state index is 12.1. The van der Waals surface area contributed by atoms with E-state index in [2.05, 4.69) is 6.92 Å². The van der Waals surface area contributed by atoms with Crippen LogP contribution in [-0.4, -0.2) is 45.2 Å². The molecule has 4 fully saturated rings. The van der Waals surface area contributed by atoms with Gasteiger partial charge in [-0.15, -0.1) is 0 Å². The molecule has 0 aromatic heterocycles. The molecule has 0 radical (unpaired) electrons. The average molecular weight is 352 g/mol. The van der Waals surface area contributed by atoms with Gasteiger partial charge in [-0.2, -0.15) is 0 Å². The van der Waals surface area contributed by atoms with E-state index < -0.39 is 17.0 Å². The van der Waals surface area contributed by atoms with Gasteiger partial charge in [0.1, 0.15) is 0 Å². The number of aliphatic hydroxyl groups excluding tert-OH is 2. The number of fused-ring (bicyclic) bond motifs is 3. The first-order valence-corrected chi connectivity index (χ1v) is 9.94. The number of carboxylic acid groups (broad SMARTS) is 1. The van der Waals surface area contributed by atoms with Crippen LogP contribution < -0.4 is 0 Å². The van der Waals surface area contributed by atoms with Gasteiger partial charge in [0, 0.05) is 0 Å². The first-order chi connectivity index (χ1) is 11.8. The molecule has 7 atom stereocenters. The lowest BCUT2D eigenvalue weighted by molar-refractivity contribution is -0.191. The summed E-state index contributed by atoms with van der Waals surface area (Å²) in [6, 6.07) is 0. The molecule has 5 nitrogen and oxygen atoms in total. The van der Waals surface area contributed by atoms with E-state index in [1.807, 2.05) is 0 Å². The summed E-state index contributed by atoms with van der Waals surface area (Å²) in [5.74, 6) is -0.263. The van der Waals surface area contributed by atoms with Gasteiger partial charge >= 0.3 is 5.97 Å². The SMILES string of the molecule is C[C@@]12CCC[C@@](CO)(C(=O)O)C1CCC13CC(CCC12)C(O)(CO)C3. The summed E-state index contributed by atoms with van der Waals surface area (Å²) < 4.78 is 0. The Balaban J connectivity index is 1.73. The fourth-order valence-electron chi connectivity index (χ4n) is 8.13. The van der Waals surface area contributed by atoms with Crippen LogP contribution >= 0.6 is 0 Å². The van der Waals surface area contributed by atoms with Gasteiger partial charge in [0.2, 0.25) is 0 Å². The van der Waals surface area contributed by atoms with Crippen molar-refractivity contribution in [1.29, 1.82) is 0 Å². The van der Waals surface area contributed by atoms with E-state index in [4.69, 9.17) is 0 Å². The zero-order chi connectivity index (χ0) is 18.1.